The number of hydrogen-bond donors (Lipinski definition) is 2. The number of nitrogens with zero attached hydrogens (tertiary/aromatic N) is 3. The van der Waals surface area contributed by atoms with Crippen LogP contribution in [0.4, 0.5) is 11.5 Å². The van der Waals surface area contributed by atoms with Crippen molar-refractivity contribution in [3.05, 3.63) is 72.6 Å². The van der Waals surface area contributed by atoms with Crippen molar-refractivity contribution in [1.82, 2.24) is 15.0 Å². The zero-order valence-corrected chi connectivity index (χ0v) is 15.1. The van der Waals surface area contributed by atoms with Gasteiger partial charge in [0.15, 0.2) is 5.82 Å². The molecule has 1 amide bonds. The number of rotatable bonds is 6. The molecule has 2 heterocycles. The summed E-state index contributed by atoms with van der Waals surface area (Å²) in [5.74, 6) is -0.0370. The Morgan fingerprint density at radius 2 is 2.10 bits per heavy atom. The number of pyridine rings is 1. The van der Waals surface area contributed by atoms with Gasteiger partial charge in [-0.25, -0.2) is 9.97 Å². The van der Waals surface area contributed by atoms with Gasteiger partial charge in [0, 0.05) is 27.5 Å². The molecule has 4 rings (SSSR count). The van der Waals surface area contributed by atoms with Crippen LogP contribution < -0.4 is 15.8 Å². The van der Waals surface area contributed by atoms with Gasteiger partial charge in [-0.1, -0.05) is 12.1 Å². The van der Waals surface area contributed by atoms with E-state index in [2.05, 4.69) is 20.3 Å². The van der Waals surface area contributed by atoms with Crippen LogP contribution in [0.15, 0.2) is 67.0 Å². The Balaban J connectivity index is 1.86. The van der Waals surface area contributed by atoms with Gasteiger partial charge < -0.3 is 15.8 Å². The average molecular weight is 390 g/mol. The van der Waals surface area contributed by atoms with Crippen molar-refractivity contribution in [2.45, 2.75) is 6.85 Å². The Kier molecular flexibility index (Phi) is 3.62. The topological polar surface area (TPSA) is 103 Å². The fourth-order valence-corrected chi connectivity index (χ4v) is 2.88. The summed E-state index contributed by atoms with van der Waals surface area (Å²) in [6, 6.07) is 14.6. The second-order valence-corrected chi connectivity index (χ2v) is 6.06. The summed E-state index contributed by atoms with van der Waals surface area (Å²) in [5, 5.41) is 3.50. The largest absolute Gasteiger partial charge is 0.494 e. The monoisotopic (exact) mass is 390 g/mol. The smallest absolute Gasteiger partial charge is 0.250 e. The molecule has 0 saturated heterocycles. The summed E-state index contributed by atoms with van der Waals surface area (Å²) in [5.41, 5.74) is 7.25. The Bertz CT molecular complexity index is 1360. The molecular formula is C22H19N5O2. The first-order chi connectivity index (χ1) is 16.0. The maximum absolute atomic E-state index is 11.9. The third kappa shape index (κ3) is 3.84. The molecule has 2 aromatic heterocycles. The molecule has 0 saturated carbocycles. The predicted octanol–water partition coefficient (Wildman–Crippen LogP) is 3.93. The third-order valence-corrected chi connectivity index (χ3v) is 4.20. The second kappa shape index (κ2) is 7.93. The Hall–Kier alpha value is -4.00. The maximum atomic E-state index is 11.9. The molecule has 0 aliphatic rings. The van der Waals surface area contributed by atoms with Crippen LogP contribution in [0.1, 0.15) is 24.1 Å². The lowest BCUT2D eigenvalue weighted by Crippen LogP contribution is -2.13. The number of carbonyl (C=O) groups is 1. The van der Waals surface area contributed by atoms with Gasteiger partial charge in [-0.15, -0.1) is 0 Å². The zero-order valence-electron chi connectivity index (χ0n) is 20.1. The van der Waals surface area contributed by atoms with E-state index in [0.29, 0.717) is 28.0 Å². The van der Waals surface area contributed by atoms with E-state index >= 15 is 0 Å². The van der Waals surface area contributed by atoms with Crippen LogP contribution in [0.25, 0.3) is 22.3 Å². The van der Waals surface area contributed by atoms with Crippen molar-refractivity contribution in [3.8, 4) is 17.1 Å². The molecular weight excluding hydrogens is 366 g/mol. The summed E-state index contributed by atoms with van der Waals surface area (Å²) >= 11 is 0. The van der Waals surface area contributed by atoms with E-state index in [4.69, 9.17) is 17.3 Å². The molecule has 0 atom stereocenters. The molecule has 0 unspecified atom stereocenters. The van der Waals surface area contributed by atoms with Gasteiger partial charge in [0.25, 0.3) is 5.91 Å². The minimum Gasteiger partial charge on any atom is -0.494 e. The molecule has 7 heteroatoms. The first kappa shape index (κ1) is 13.2. The van der Waals surface area contributed by atoms with Gasteiger partial charge in [0.05, 0.1) is 26.1 Å². The first-order valence-electron chi connectivity index (χ1n) is 11.1. The molecule has 144 valence electrons. The van der Waals surface area contributed by atoms with Crippen molar-refractivity contribution >= 4 is 28.3 Å². The number of benzene rings is 2. The minimum absolute atomic E-state index is 0.0300. The fraction of sp³-hybridized carbons (Fsp3) is 0.0909. The maximum Gasteiger partial charge on any atom is 0.250 e. The predicted molar refractivity (Wildman–Crippen MR) is 112 cm³/mol. The molecule has 0 radical (unpaired) electrons. The number of carbonyl (C=O) groups excluding carboxylic acids is 1. The number of nitrogens with two attached hydrogens (primary N) is 1. The first-order valence-corrected chi connectivity index (χ1v) is 8.62. The number of ether oxygens (including phenoxy) is 1. The van der Waals surface area contributed by atoms with Gasteiger partial charge in [0.2, 0.25) is 0 Å². The van der Waals surface area contributed by atoms with Gasteiger partial charge >= 0.3 is 0 Å². The number of fused-ring (bicyclic) bond motifs is 1. The highest BCUT2D eigenvalue weighted by molar-refractivity contribution is 6.01. The van der Waals surface area contributed by atoms with Gasteiger partial charge in [-0.3, -0.25) is 9.78 Å². The van der Waals surface area contributed by atoms with Crippen LogP contribution in [0.3, 0.4) is 0 Å². The molecule has 0 spiro atoms. The summed E-state index contributed by atoms with van der Waals surface area (Å²) in [4.78, 5) is 25.1. The summed E-state index contributed by atoms with van der Waals surface area (Å²) in [6.07, 6.45) is 3.22. The summed E-state index contributed by atoms with van der Waals surface area (Å²) in [6.45, 7) is -5.91. The van der Waals surface area contributed by atoms with Crippen LogP contribution in [-0.2, 0) is 0 Å². The number of nitrogens with one attached hydrogen (secondary N) is 1. The number of anilines is 2. The Morgan fingerprint density at radius 1 is 1.21 bits per heavy atom. The lowest BCUT2D eigenvalue weighted by Gasteiger charge is -2.14. The van der Waals surface area contributed by atoms with E-state index in [9.17, 15) is 4.79 Å². The number of hydrogen-bond acceptors (Lipinski definition) is 6. The van der Waals surface area contributed by atoms with Gasteiger partial charge in [-0.2, -0.15) is 0 Å². The molecule has 2 aromatic carbocycles. The number of amides is 1. The molecule has 3 N–H and O–H groups in total. The molecule has 29 heavy (non-hydrogen) atoms. The molecule has 4 aromatic rings. The highest BCUT2D eigenvalue weighted by atomic mass is 16.5. The molecule has 0 fully saturated rings. The third-order valence-electron chi connectivity index (χ3n) is 4.20. The lowest BCUT2D eigenvalue weighted by molar-refractivity contribution is 0.100. The normalized spacial score (nSPS) is 14.1. The fourth-order valence-electron chi connectivity index (χ4n) is 2.88. The van der Waals surface area contributed by atoms with E-state index in [1.165, 1.54) is 12.1 Å². The van der Waals surface area contributed by atoms with Crippen LogP contribution in [-0.4, -0.2) is 27.4 Å². The Morgan fingerprint density at radius 3 is 2.90 bits per heavy atom. The SMILES string of the molecule is [2H]C([2H])([2H])C([2H])([2H])Oc1ccc2nc(-c3cccnc3)nc(Nc3ccccc3C(N)=O)c2c1. The number of primary amides is 1. The van der Waals surface area contributed by atoms with E-state index in [1.807, 2.05) is 0 Å². The van der Waals surface area contributed by atoms with Crippen molar-refractivity contribution in [2.24, 2.45) is 5.73 Å². The highest BCUT2D eigenvalue weighted by Gasteiger charge is 2.14. The number of aromatic nitrogens is 3. The molecule has 7 nitrogen and oxygen atoms in total. The van der Waals surface area contributed by atoms with E-state index in [1.54, 1.807) is 54.9 Å². The second-order valence-electron chi connectivity index (χ2n) is 6.06. The van der Waals surface area contributed by atoms with E-state index in [-0.39, 0.29) is 17.1 Å². The van der Waals surface area contributed by atoms with Crippen molar-refractivity contribution in [2.75, 3.05) is 11.9 Å². The minimum atomic E-state index is -3.00. The standard InChI is InChI=1S/C22H19N5O2/c1-2-29-15-9-10-19-17(12-15)22(26-18-8-4-3-7-16(18)20(23)28)27-21(25-19)14-6-5-11-24-13-14/h3-13H,2H2,1H3,(H2,23,28)(H,25,26,27)/i1D3,2D2. The van der Waals surface area contributed by atoms with Crippen LogP contribution in [0.5, 0.6) is 5.75 Å². The van der Waals surface area contributed by atoms with E-state index in [0.717, 1.165) is 0 Å². The molecule has 0 aliphatic carbocycles. The zero-order chi connectivity index (χ0) is 24.5. The van der Waals surface area contributed by atoms with Crippen molar-refractivity contribution in [1.29, 1.82) is 0 Å². The van der Waals surface area contributed by atoms with Crippen LogP contribution >= 0.6 is 0 Å². The Labute approximate surface area is 174 Å². The van der Waals surface area contributed by atoms with Crippen molar-refractivity contribution < 1.29 is 16.4 Å². The van der Waals surface area contributed by atoms with Crippen LogP contribution in [0.2, 0.25) is 0 Å². The molecule has 0 bridgehead atoms. The van der Waals surface area contributed by atoms with Gasteiger partial charge in [-0.05, 0) is 49.3 Å². The van der Waals surface area contributed by atoms with Gasteiger partial charge in [0.1, 0.15) is 11.6 Å². The number of para-hydroxylation sites is 1. The molecule has 0 aliphatic heterocycles. The highest BCUT2D eigenvalue weighted by Crippen LogP contribution is 2.31. The summed E-state index contributed by atoms with van der Waals surface area (Å²) < 4.78 is 42.8. The average Bonchev–Trinajstić information content (AvgIpc) is 2.79. The van der Waals surface area contributed by atoms with Crippen molar-refractivity contribution in [3.63, 3.8) is 0 Å². The van der Waals surface area contributed by atoms with E-state index < -0.39 is 19.3 Å². The quantitative estimate of drug-likeness (QED) is 0.517. The summed E-state index contributed by atoms with van der Waals surface area (Å²) in [7, 11) is 0. The lowest BCUT2D eigenvalue weighted by atomic mass is 10.1. The van der Waals surface area contributed by atoms with Crippen LogP contribution in [0, 0.1) is 0 Å².